The van der Waals surface area contributed by atoms with E-state index >= 15 is 0 Å². The van der Waals surface area contributed by atoms with Crippen LogP contribution in [0.15, 0.2) is 24.5 Å². The molecule has 0 saturated carbocycles. The molecule has 1 aromatic heterocycles. The van der Waals surface area contributed by atoms with Crippen LogP contribution < -0.4 is 5.32 Å². The second-order valence-electron chi connectivity index (χ2n) is 3.86. The lowest BCUT2D eigenvalue weighted by molar-refractivity contribution is -0.384. The second-order valence-corrected chi connectivity index (χ2v) is 3.86. The lowest BCUT2D eigenvalue weighted by atomic mass is 10.2. The van der Waals surface area contributed by atoms with Crippen molar-refractivity contribution < 1.29 is 9.72 Å². The fourth-order valence-electron chi connectivity index (χ4n) is 1.56. The first-order valence-corrected chi connectivity index (χ1v) is 5.42. The predicted octanol–water partition coefficient (Wildman–Crippen LogP) is 1.15. The van der Waals surface area contributed by atoms with Crippen molar-refractivity contribution in [1.29, 1.82) is 0 Å². The standard InChI is InChI=1S/C11H11N5O3/c1-15-7-13-14-11(15)5-12-9-3-2-8(6-17)4-10(9)16(18)19/h2-4,6-7,12H,5H2,1H3. The third-order valence-electron chi connectivity index (χ3n) is 2.60. The lowest BCUT2D eigenvalue weighted by Gasteiger charge is -2.06. The Kier molecular flexibility index (Phi) is 3.51. The number of nitro groups is 1. The lowest BCUT2D eigenvalue weighted by Crippen LogP contribution is -2.07. The van der Waals surface area contributed by atoms with Crippen LogP contribution in [0.2, 0.25) is 0 Å². The first-order valence-electron chi connectivity index (χ1n) is 5.42. The van der Waals surface area contributed by atoms with Crippen molar-refractivity contribution in [2.45, 2.75) is 6.54 Å². The molecule has 0 bridgehead atoms. The third-order valence-corrected chi connectivity index (χ3v) is 2.60. The van der Waals surface area contributed by atoms with Crippen LogP contribution in [0.25, 0.3) is 0 Å². The quantitative estimate of drug-likeness (QED) is 0.492. The molecule has 0 aliphatic carbocycles. The number of aromatic nitrogens is 3. The highest BCUT2D eigenvalue weighted by Crippen LogP contribution is 2.25. The van der Waals surface area contributed by atoms with E-state index in [1.165, 1.54) is 18.2 Å². The number of hydrogen-bond acceptors (Lipinski definition) is 6. The van der Waals surface area contributed by atoms with Gasteiger partial charge in [0.15, 0.2) is 5.82 Å². The molecule has 0 radical (unpaired) electrons. The zero-order valence-electron chi connectivity index (χ0n) is 10.1. The molecule has 19 heavy (non-hydrogen) atoms. The number of nitrogens with zero attached hydrogens (tertiary/aromatic N) is 4. The van der Waals surface area contributed by atoms with E-state index in [0.717, 1.165) is 0 Å². The normalized spacial score (nSPS) is 10.2. The van der Waals surface area contributed by atoms with Gasteiger partial charge in [-0.1, -0.05) is 0 Å². The summed E-state index contributed by atoms with van der Waals surface area (Å²) in [6.07, 6.45) is 2.11. The van der Waals surface area contributed by atoms with E-state index < -0.39 is 4.92 Å². The summed E-state index contributed by atoms with van der Waals surface area (Å²) in [7, 11) is 1.78. The van der Waals surface area contributed by atoms with E-state index in [1.807, 2.05) is 0 Å². The van der Waals surface area contributed by atoms with Gasteiger partial charge in [0.2, 0.25) is 0 Å². The fourth-order valence-corrected chi connectivity index (χ4v) is 1.56. The number of nitrogens with one attached hydrogen (secondary N) is 1. The van der Waals surface area contributed by atoms with Crippen molar-refractivity contribution in [2.24, 2.45) is 7.05 Å². The van der Waals surface area contributed by atoms with Crippen molar-refractivity contribution in [1.82, 2.24) is 14.8 Å². The van der Waals surface area contributed by atoms with Gasteiger partial charge in [0, 0.05) is 18.7 Å². The molecule has 2 rings (SSSR count). The molecule has 2 aromatic rings. The Morgan fingerprint density at radius 1 is 1.53 bits per heavy atom. The zero-order chi connectivity index (χ0) is 13.8. The Morgan fingerprint density at radius 3 is 2.89 bits per heavy atom. The van der Waals surface area contributed by atoms with Crippen LogP contribution in [0.1, 0.15) is 16.2 Å². The monoisotopic (exact) mass is 261 g/mol. The van der Waals surface area contributed by atoms with Gasteiger partial charge >= 0.3 is 0 Å². The van der Waals surface area contributed by atoms with Gasteiger partial charge in [-0.2, -0.15) is 0 Å². The molecule has 0 aliphatic heterocycles. The molecule has 0 saturated heterocycles. The number of aldehydes is 1. The number of nitro benzene ring substituents is 1. The van der Waals surface area contributed by atoms with E-state index in [9.17, 15) is 14.9 Å². The van der Waals surface area contributed by atoms with Crippen molar-refractivity contribution in [3.63, 3.8) is 0 Å². The fraction of sp³-hybridized carbons (Fsp3) is 0.182. The molecule has 8 nitrogen and oxygen atoms in total. The maximum atomic E-state index is 10.9. The second kappa shape index (κ2) is 5.25. The highest BCUT2D eigenvalue weighted by molar-refractivity contribution is 5.79. The van der Waals surface area contributed by atoms with Crippen molar-refractivity contribution in [3.05, 3.63) is 46.0 Å². The van der Waals surface area contributed by atoms with Crippen LogP contribution in [-0.2, 0) is 13.6 Å². The van der Waals surface area contributed by atoms with Gasteiger partial charge in [-0.25, -0.2) is 0 Å². The average Bonchev–Trinajstić information content (AvgIpc) is 2.81. The molecular weight excluding hydrogens is 250 g/mol. The molecule has 0 atom stereocenters. The van der Waals surface area contributed by atoms with Gasteiger partial charge in [-0.05, 0) is 12.1 Å². The van der Waals surface area contributed by atoms with Crippen molar-refractivity contribution >= 4 is 17.7 Å². The summed E-state index contributed by atoms with van der Waals surface area (Å²) in [5.74, 6) is 0.647. The highest BCUT2D eigenvalue weighted by Gasteiger charge is 2.14. The van der Waals surface area contributed by atoms with Gasteiger partial charge in [-0.3, -0.25) is 14.9 Å². The minimum atomic E-state index is -0.536. The van der Waals surface area contributed by atoms with Crippen LogP contribution in [0.4, 0.5) is 11.4 Å². The number of rotatable bonds is 5. The Labute approximate surface area is 108 Å². The summed E-state index contributed by atoms with van der Waals surface area (Å²) in [5.41, 5.74) is 0.446. The summed E-state index contributed by atoms with van der Waals surface area (Å²) in [5, 5.41) is 21.4. The van der Waals surface area contributed by atoms with Crippen LogP contribution in [-0.4, -0.2) is 26.0 Å². The van der Waals surface area contributed by atoms with Gasteiger partial charge in [0.05, 0.1) is 11.5 Å². The van der Waals surface area contributed by atoms with E-state index in [4.69, 9.17) is 0 Å². The number of carbonyl (C=O) groups is 1. The number of anilines is 1. The molecule has 1 N–H and O–H groups in total. The van der Waals surface area contributed by atoms with E-state index in [0.29, 0.717) is 24.3 Å². The predicted molar refractivity (Wildman–Crippen MR) is 66.8 cm³/mol. The largest absolute Gasteiger partial charge is 0.372 e. The minimum Gasteiger partial charge on any atom is -0.372 e. The van der Waals surface area contributed by atoms with Crippen LogP contribution in [0, 0.1) is 10.1 Å². The summed E-state index contributed by atoms with van der Waals surface area (Å²) in [6, 6.07) is 4.24. The summed E-state index contributed by atoms with van der Waals surface area (Å²) >= 11 is 0. The molecule has 1 heterocycles. The first-order chi connectivity index (χ1) is 9.11. The Bertz CT molecular complexity index is 623. The molecule has 8 heteroatoms. The van der Waals surface area contributed by atoms with Gasteiger partial charge in [0.25, 0.3) is 5.69 Å². The minimum absolute atomic E-state index is 0.147. The SMILES string of the molecule is Cn1cnnc1CNc1ccc(C=O)cc1[N+](=O)[O-]. The maximum absolute atomic E-state index is 10.9. The smallest absolute Gasteiger partial charge is 0.293 e. The van der Waals surface area contributed by atoms with Crippen molar-refractivity contribution in [3.8, 4) is 0 Å². The van der Waals surface area contributed by atoms with Gasteiger partial charge in [-0.15, -0.1) is 10.2 Å². The number of benzene rings is 1. The Morgan fingerprint density at radius 2 is 2.32 bits per heavy atom. The van der Waals surface area contributed by atoms with Crippen LogP contribution >= 0.6 is 0 Å². The summed E-state index contributed by atoms with van der Waals surface area (Å²) in [6.45, 7) is 0.303. The zero-order valence-corrected chi connectivity index (χ0v) is 10.1. The summed E-state index contributed by atoms with van der Waals surface area (Å²) in [4.78, 5) is 21.0. The molecule has 0 aliphatic rings. The van der Waals surface area contributed by atoms with Crippen LogP contribution in [0.5, 0.6) is 0 Å². The molecule has 98 valence electrons. The number of hydrogen-bond donors (Lipinski definition) is 1. The van der Waals surface area contributed by atoms with Crippen molar-refractivity contribution in [2.75, 3.05) is 5.32 Å². The Balaban J connectivity index is 2.22. The molecule has 1 aromatic carbocycles. The first kappa shape index (κ1) is 12.7. The van der Waals surface area contributed by atoms with E-state index in [-0.39, 0.29) is 11.3 Å². The van der Waals surface area contributed by atoms with Crippen LogP contribution in [0.3, 0.4) is 0 Å². The van der Waals surface area contributed by atoms with Gasteiger partial charge < -0.3 is 9.88 Å². The molecule has 0 fully saturated rings. The topological polar surface area (TPSA) is 103 Å². The van der Waals surface area contributed by atoms with Gasteiger partial charge in [0.1, 0.15) is 18.3 Å². The summed E-state index contributed by atoms with van der Waals surface area (Å²) < 4.78 is 1.71. The van der Waals surface area contributed by atoms with E-state index in [2.05, 4.69) is 15.5 Å². The third kappa shape index (κ3) is 2.73. The molecular formula is C11H11N5O3. The maximum Gasteiger partial charge on any atom is 0.293 e. The average molecular weight is 261 g/mol. The molecule has 0 unspecified atom stereocenters. The highest BCUT2D eigenvalue weighted by atomic mass is 16.6. The Hall–Kier alpha value is -2.77. The van der Waals surface area contributed by atoms with E-state index in [1.54, 1.807) is 17.9 Å². The number of aryl methyl sites for hydroxylation is 1. The number of carbonyl (C=O) groups excluding carboxylic acids is 1. The molecule has 0 amide bonds. The molecule has 0 spiro atoms.